The smallest absolute Gasteiger partial charge is 0.363 e. The lowest BCUT2D eigenvalue weighted by Gasteiger charge is -2.13. The first-order valence-electron chi connectivity index (χ1n) is 9.95. The van der Waals surface area contributed by atoms with Crippen LogP contribution in [0.5, 0.6) is 11.5 Å². The van der Waals surface area contributed by atoms with E-state index in [0.29, 0.717) is 28.7 Å². The third-order valence-electron chi connectivity index (χ3n) is 4.64. The van der Waals surface area contributed by atoms with E-state index in [1.807, 2.05) is 25.1 Å². The van der Waals surface area contributed by atoms with Crippen LogP contribution in [0.15, 0.2) is 77.4 Å². The molecule has 0 bridgehead atoms. The average Bonchev–Trinajstić information content (AvgIpc) is 3.14. The maximum atomic E-state index is 14.0. The number of esters is 1. The van der Waals surface area contributed by atoms with Crippen LogP contribution in [0.25, 0.3) is 6.08 Å². The van der Waals surface area contributed by atoms with Gasteiger partial charge in [-0.1, -0.05) is 48.0 Å². The van der Waals surface area contributed by atoms with Crippen LogP contribution in [0.2, 0.25) is 5.02 Å². The molecule has 0 unspecified atom stereocenters. The highest BCUT2D eigenvalue weighted by atomic mass is 35.5. The molecule has 32 heavy (non-hydrogen) atoms. The van der Waals surface area contributed by atoms with E-state index in [1.165, 1.54) is 12.1 Å². The summed E-state index contributed by atoms with van der Waals surface area (Å²) in [6, 6.07) is 18.7. The van der Waals surface area contributed by atoms with Crippen LogP contribution < -0.4 is 9.47 Å². The molecule has 0 spiro atoms. The van der Waals surface area contributed by atoms with Crippen molar-refractivity contribution in [1.82, 2.24) is 0 Å². The highest BCUT2D eigenvalue weighted by Crippen LogP contribution is 2.31. The minimum Gasteiger partial charge on any atom is -0.490 e. The first kappa shape index (κ1) is 21.6. The fraction of sp³-hybridized carbons (Fsp3) is 0.120. The molecule has 7 heteroatoms. The van der Waals surface area contributed by atoms with Gasteiger partial charge in [-0.05, 0) is 48.9 Å². The lowest BCUT2D eigenvalue weighted by molar-refractivity contribution is -0.129. The number of rotatable bonds is 7. The summed E-state index contributed by atoms with van der Waals surface area (Å²) in [4.78, 5) is 16.4. The number of nitrogens with zero attached hydrogens (tertiary/aromatic N) is 1. The van der Waals surface area contributed by atoms with Gasteiger partial charge in [-0.2, -0.15) is 0 Å². The van der Waals surface area contributed by atoms with Gasteiger partial charge < -0.3 is 14.2 Å². The summed E-state index contributed by atoms with van der Waals surface area (Å²) in [5, 5.41) is 0.620. The van der Waals surface area contributed by atoms with Crippen molar-refractivity contribution in [1.29, 1.82) is 0 Å². The fourth-order valence-corrected chi connectivity index (χ4v) is 3.28. The molecule has 0 amide bonds. The predicted octanol–water partition coefficient (Wildman–Crippen LogP) is 5.80. The van der Waals surface area contributed by atoms with E-state index >= 15 is 0 Å². The number of carbonyl (C=O) groups is 1. The standard InChI is InChI=1S/C25H19ClFNO4/c1-2-30-23-14-16(11-12-22(23)31-15-17-7-3-5-9-19(17)26)13-21-25(29)32-24(28-21)18-8-4-6-10-20(18)27/h3-14H,2,15H2,1H3/b21-13-. The maximum Gasteiger partial charge on any atom is 0.363 e. The van der Waals surface area contributed by atoms with Gasteiger partial charge in [-0.3, -0.25) is 0 Å². The number of cyclic esters (lactones) is 1. The molecule has 0 N–H and O–H groups in total. The van der Waals surface area contributed by atoms with Crippen LogP contribution in [0.1, 0.15) is 23.6 Å². The molecule has 5 nitrogen and oxygen atoms in total. The minimum absolute atomic E-state index is 0.0652. The average molecular weight is 452 g/mol. The van der Waals surface area contributed by atoms with Gasteiger partial charge in [-0.15, -0.1) is 0 Å². The Kier molecular flexibility index (Phi) is 6.52. The quantitative estimate of drug-likeness (QED) is 0.336. The van der Waals surface area contributed by atoms with Gasteiger partial charge in [0.25, 0.3) is 0 Å². The molecular weight excluding hydrogens is 433 g/mol. The Labute approximate surface area is 189 Å². The molecule has 3 aromatic carbocycles. The third-order valence-corrected chi connectivity index (χ3v) is 5.01. The van der Waals surface area contributed by atoms with E-state index in [9.17, 15) is 9.18 Å². The van der Waals surface area contributed by atoms with Crippen molar-refractivity contribution in [3.63, 3.8) is 0 Å². The molecule has 1 aliphatic heterocycles. The van der Waals surface area contributed by atoms with Gasteiger partial charge in [0.1, 0.15) is 12.4 Å². The molecule has 0 aromatic heterocycles. The van der Waals surface area contributed by atoms with Gasteiger partial charge in [-0.25, -0.2) is 14.2 Å². The van der Waals surface area contributed by atoms with Gasteiger partial charge in [0.05, 0.1) is 12.2 Å². The Hall–Kier alpha value is -3.64. The number of carbonyl (C=O) groups excluding carboxylic acids is 1. The Bertz CT molecular complexity index is 1220. The normalized spacial score (nSPS) is 14.3. The van der Waals surface area contributed by atoms with Crippen molar-refractivity contribution in [2.75, 3.05) is 6.61 Å². The molecule has 162 valence electrons. The molecule has 0 fully saturated rings. The molecule has 3 aromatic rings. The summed E-state index contributed by atoms with van der Waals surface area (Å²) in [5.41, 5.74) is 1.70. The van der Waals surface area contributed by atoms with Gasteiger partial charge in [0.15, 0.2) is 17.2 Å². The molecule has 0 saturated heterocycles. The zero-order valence-corrected chi connectivity index (χ0v) is 17.9. The van der Waals surface area contributed by atoms with Gasteiger partial charge in [0.2, 0.25) is 5.90 Å². The topological polar surface area (TPSA) is 57.1 Å². The largest absolute Gasteiger partial charge is 0.490 e. The van der Waals surface area contributed by atoms with Crippen LogP contribution in [-0.4, -0.2) is 18.5 Å². The highest BCUT2D eigenvalue weighted by Gasteiger charge is 2.26. The maximum absolute atomic E-state index is 14.0. The molecule has 0 saturated carbocycles. The Morgan fingerprint density at radius 1 is 1.03 bits per heavy atom. The number of ether oxygens (including phenoxy) is 3. The predicted molar refractivity (Wildman–Crippen MR) is 120 cm³/mol. The third kappa shape index (κ3) is 4.81. The van der Waals surface area contributed by atoms with E-state index in [4.69, 9.17) is 25.8 Å². The van der Waals surface area contributed by atoms with Crippen LogP contribution in [0.4, 0.5) is 4.39 Å². The van der Waals surface area contributed by atoms with Crippen molar-refractivity contribution in [3.05, 3.63) is 100.0 Å². The Balaban J connectivity index is 1.58. The lowest BCUT2D eigenvalue weighted by Crippen LogP contribution is -2.07. The number of hydrogen-bond donors (Lipinski definition) is 0. The second-order valence-electron chi connectivity index (χ2n) is 6.84. The lowest BCUT2D eigenvalue weighted by atomic mass is 10.1. The molecule has 0 atom stereocenters. The van der Waals surface area contributed by atoms with Crippen LogP contribution in [0, 0.1) is 5.82 Å². The van der Waals surface area contributed by atoms with Crippen molar-refractivity contribution in [3.8, 4) is 11.5 Å². The molecule has 0 radical (unpaired) electrons. The van der Waals surface area contributed by atoms with Gasteiger partial charge >= 0.3 is 5.97 Å². The first-order valence-corrected chi connectivity index (χ1v) is 10.3. The molecule has 1 heterocycles. The van der Waals surface area contributed by atoms with E-state index in [-0.39, 0.29) is 23.8 Å². The van der Waals surface area contributed by atoms with E-state index in [0.717, 1.165) is 5.56 Å². The summed E-state index contributed by atoms with van der Waals surface area (Å²) in [6.45, 7) is 2.57. The zero-order valence-electron chi connectivity index (χ0n) is 17.2. The first-order chi connectivity index (χ1) is 15.5. The number of benzene rings is 3. The minimum atomic E-state index is -0.653. The molecular formula is C25H19ClFNO4. The van der Waals surface area contributed by atoms with Crippen molar-refractivity contribution in [2.24, 2.45) is 4.99 Å². The van der Waals surface area contributed by atoms with E-state index in [2.05, 4.69) is 4.99 Å². The summed E-state index contributed by atoms with van der Waals surface area (Å²) >= 11 is 6.19. The van der Waals surface area contributed by atoms with Crippen LogP contribution in [0.3, 0.4) is 0 Å². The zero-order chi connectivity index (χ0) is 22.5. The SMILES string of the molecule is CCOc1cc(/C=C2\N=C(c3ccccc3F)OC2=O)ccc1OCc1ccccc1Cl. The van der Waals surface area contributed by atoms with E-state index in [1.54, 1.807) is 42.5 Å². The van der Waals surface area contributed by atoms with Crippen molar-refractivity contribution in [2.45, 2.75) is 13.5 Å². The number of hydrogen-bond acceptors (Lipinski definition) is 5. The van der Waals surface area contributed by atoms with Crippen molar-refractivity contribution < 1.29 is 23.4 Å². The fourth-order valence-electron chi connectivity index (χ4n) is 3.09. The summed E-state index contributed by atoms with van der Waals surface area (Å²) in [5.74, 6) is -0.180. The molecule has 4 rings (SSSR count). The Morgan fingerprint density at radius 2 is 1.81 bits per heavy atom. The monoisotopic (exact) mass is 451 g/mol. The highest BCUT2D eigenvalue weighted by molar-refractivity contribution is 6.31. The molecule has 0 aliphatic carbocycles. The number of halogens is 2. The Morgan fingerprint density at radius 3 is 2.59 bits per heavy atom. The van der Waals surface area contributed by atoms with Crippen LogP contribution in [-0.2, 0) is 16.1 Å². The molecule has 1 aliphatic rings. The summed E-state index contributed by atoms with van der Waals surface area (Å²) in [7, 11) is 0. The van der Waals surface area contributed by atoms with Gasteiger partial charge in [0, 0.05) is 10.6 Å². The second-order valence-corrected chi connectivity index (χ2v) is 7.24. The second kappa shape index (κ2) is 9.66. The number of aliphatic imine (C=N–C) groups is 1. The van der Waals surface area contributed by atoms with Crippen molar-refractivity contribution >= 4 is 29.5 Å². The summed E-state index contributed by atoms with van der Waals surface area (Å²) < 4.78 is 30.7. The summed E-state index contributed by atoms with van der Waals surface area (Å²) in [6.07, 6.45) is 1.55. The van der Waals surface area contributed by atoms with Crippen LogP contribution >= 0.6 is 11.6 Å². The van der Waals surface area contributed by atoms with E-state index < -0.39 is 11.8 Å².